The van der Waals surface area contributed by atoms with Crippen molar-refractivity contribution < 1.29 is 10.7 Å². The second-order valence-electron chi connectivity index (χ2n) is 3.39. The highest BCUT2D eigenvalue weighted by atomic mass is 33.1. The molecule has 0 radical (unpaired) electrons. The molecule has 0 atom stereocenters. The van der Waals surface area contributed by atoms with Crippen LogP contribution in [0.15, 0.2) is 53.7 Å². The van der Waals surface area contributed by atoms with Crippen molar-refractivity contribution in [1.29, 1.82) is 0 Å². The number of hydrogen-bond acceptors (Lipinski definition) is 2. The molecule has 2 nitrogen and oxygen atoms in total. The Balaban J connectivity index is 1.82. The number of benzene rings is 1. The molecule has 1 aromatic heterocycles. The Morgan fingerprint density at radius 3 is 2.56 bits per heavy atom. The summed E-state index contributed by atoms with van der Waals surface area (Å²) in [5.41, 5.74) is 6.27. The van der Waals surface area contributed by atoms with Gasteiger partial charge in [0.15, 0.2) is 6.20 Å². The van der Waals surface area contributed by atoms with E-state index in [9.17, 15) is 0 Å². The van der Waals surface area contributed by atoms with Gasteiger partial charge in [0.2, 0.25) is 5.03 Å². The molecule has 16 heavy (non-hydrogen) atoms. The molecule has 0 amide bonds. The summed E-state index contributed by atoms with van der Waals surface area (Å²) in [6.45, 7) is 0. The van der Waals surface area contributed by atoms with E-state index in [1.807, 2.05) is 29.1 Å². The lowest BCUT2D eigenvalue weighted by molar-refractivity contribution is -0.426. The molecule has 0 saturated heterocycles. The van der Waals surface area contributed by atoms with E-state index in [-0.39, 0.29) is 0 Å². The number of H-pyrrole nitrogens is 1. The van der Waals surface area contributed by atoms with Gasteiger partial charge in [-0.1, -0.05) is 22.9 Å². The van der Waals surface area contributed by atoms with Gasteiger partial charge in [0.1, 0.15) is 5.69 Å². The molecule has 0 saturated carbocycles. The van der Waals surface area contributed by atoms with Crippen molar-refractivity contribution in [3.8, 4) is 0 Å². The fourth-order valence-electron chi connectivity index (χ4n) is 1.23. The fourth-order valence-corrected chi connectivity index (χ4v) is 3.27. The summed E-state index contributed by atoms with van der Waals surface area (Å²) in [5.74, 6) is 1.01. The van der Waals surface area contributed by atoms with Gasteiger partial charge in [0, 0.05) is 28.7 Å². The summed E-state index contributed by atoms with van der Waals surface area (Å²) in [6.07, 6.45) is 1.94. The van der Waals surface area contributed by atoms with Crippen LogP contribution in [0.1, 0.15) is 5.56 Å². The number of rotatable bonds is 4. The van der Waals surface area contributed by atoms with Gasteiger partial charge in [-0.3, -0.25) is 0 Å². The lowest BCUT2D eigenvalue weighted by Crippen LogP contribution is -2.39. The largest absolute Gasteiger partial charge is 0.325 e. The molecule has 1 heterocycles. The molecule has 0 aliphatic rings. The highest BCUT2D eigenvalue weighted by Crippen LogP contribution is 2.30. The molecule has 0 fully saturated rings. The van der Waals surface area contributed by atoms with Gasteiger partial charge < -0.3 is 5.73 Å². The fraction of sp³-hybridized carbons (Fsp3) is 0.0833. The average molecular weight is 250 g/mol. The van der Waals surface area contributed by atoms with Crippen LogP contribution in [0, 0.1) is 0 Å². The van der Waals surface area contributed by atoms with Crippen molar-refractivity contribution >= 4 is 27.3 Å². The molecule has 0 bridgehead atoms. The SMILES string of the molecule is [NH3+]c1ccc(CSSc2cccc[nH+]2)cc1. The molecule has 4 N–H and O–H groups in total. The van der Waals surface area contributed by atoms with E-state index in [2.05, 4.69) is 41.0 Å². The number of hydrogen-bond donors (Lipinski definition) is 1. The second-order valence-corrected chi connectivity index (χ2v) is 5.73. The van der Waals surface area contributed by atoms with Crippen LogP contribution in [0.2, 0.25) is 0 Å². The van der Waals surface area contributed by atoms with Crippen LogP contribution in [-0.2, 0) is 5.75 Å². The Labute approximate surface area is 103 Å². The normalized spacial score (nSPS) is 10.3. The van der Waals surface area contributed by atoms with E-state index < -0.39 is 0 Å². The van der Waals surface area contributed by atoms with Crippen LogP contribution in [0.3, 0.4) is 0 Å². The molecular weight excluding hydrogens is 236 g/mol. The zero-order valence-electron chi connectivity index (χ0n) is 8.85. The highest BCUT2D eigenvalue weighted by molar-refractivity contribution is 8.76. The number of quaternary nitrogens is 1. The molecule has 82 valence electrons. The van der Waals surface area contributed by atoms with Gasteiger partial charge in [-0.2, -0.15) is 0 Å². The highest BCUT2D eigenvalue weighted by Gasteiger charge is 2.01. The zero-order chi connectivity index (χ0) is 11.2. The van der Waals surface area contributed by atoms with Gasteiger partial charge in [-0.15, -0.1) is 0 Å². The number of aromatic nitrogens is 1. The van der Waals surface area contributed by atoms with Gasteiger partial charge in [0.25, 0.3) is 0 Å². The molecule has 0 aliphatic carbocycles. The smallest absolute Gasteiger partial charge is 0.249 e. The molecule has 0 unspecified atom stereocenters. The Morgan fingerprint density at radius 1 is 1.06 bits per heavy atom. The standard InChI is InChI=1S/C12H12N2S2/c13-11-6-4-10(5-7-11)9-15-16-12-3-1-2-8-14-12/h1-8H,9,13H2/p+2. The van der Waals surface area contributed by atoms with Crippen molar-refractivity contribution in [3.63, 3.8) is 0 Å². The first-order valence-corrected chi connectivity index (χ1v) is 7.33. The Bertz CT molecular complexity index is 429. The van der Waals surface area contributed by atoms with Gasteiger partial charge >= 0.3 is 0 Å². The van der Waals surface area contributed by atoms with E-state index in [1.165, 1.54) is 10.6 Å². The van der Waals surface area contributed by atoms with Gasteiger partial charge in [-0.25, -0.2) is 4.98 Å². The summed E-state index contributed by atoms with van der Waals surface area (Å²) in [5, 5.41) is 1.18. The van der Waals surface area contributed by atoms with E-state index in [1.54, 1.807) is 10.8 Å². The van der Waals surface area contributed by atoms with Crippen molar-refractivity contribution in [2.75, 3.05) is 0 Å². The maximum Gasteiger partial charge on any atom is 0.249 e. The van der Waals surface area contributed by atoms with Crippen molar-refractivity contribution in [2.24, 2.45) is 0 Å². The number of aromatic amines is 1. The summed E-state index contributed by atoms with van der Waals surface area (Å²) in [6, 6.07) is 14.5. The summed E-state index contributed by atoms with van der Waals surface area (Å²) < 4.78 is 0. The molecule has 0 aliphatic heterocycles. The zero-order valence-corrected chi connectivity index (χ0v) is 10.5. The first kappa shape index (κ1) is 11.5. The molecule has 1 aromatic carbocycles. The Morgan fingerprint density at radius 2 is 1.88 bits per heavy atom. The molecule has 2 aromatic rings. The van der Waals surface area contributed by atoms with Crippen LogP contribution in [0.25, 0.3) is 0 Å². The van der Waals surface area contributed by atoms with Crippen molar-refractivity contribution in [3.05, 3.63) is 54.2 Å². The quantitative estimate of drug-likeness (QED) is 0.846. The summed E-state index contributed by atoms with van der Waals surface area (Å²) in [7, 11) is 3.60. The Hall–Kier alpha value is -0.970. The van der Waals surface area contributed by atoms with Crippen LogP contribution in [-0.4, -0.2) is 0 Å². The third-order valence-electron chi connectivity index (χ3n) is 2.08. The first-order chi connectivity index (χ1) is 7.84. The Kier molecular flexibility index (Phi) is 4.27. The minimum Gasteiger partial charge on any atom is -0.325 e. The topological polar surface area (TPSA) is 41.8 Å². The molecule has 2 rings (SSSR count). The van der Waals surface area contributed by atoms with E-state index in [0.717, 1.165) is 11.4 Å². The molecule has 4 heteroatoms. The van der Waals surface area contributed by atoms with E-state index >= 15 is 0 Å². The maximum atomic E-state index is 3.87. The van der Waals surface area contributed by atoms with Gasteiger partial charge in [-0.05, 0) is 23.8 Å². The third kappa shape index (κ3) is 3.56. The average Bonchev–Trinajstić information content (AvgIpc) is 2.33. The summed E-state index contributed by atoms with van der Waals surface area (Å²) in [4.78, 5) is 3.20. The second kappa shape index (κ2) is 5.94. The lowest BCUT2D eigenvalue weighted by atomic mass is 10.2. The molecular formula is C12H14N2S2+2. The minimum absolute atomic E-state index is 1.01. The monoisotopic (exact) mass is 250 g/mol. The van der Waals surface area contributed by atoms with Crippen molar-refractivity contribution in [2.45, 2.75) is 10.8 Å². The molecule has 0 spiro atoms. The van der Waals surface area contributed by atoms with E-state index in [0.29, 0.717) is 0 Å². The van der Waals surface area contributed by atoms with Crippen LogP contribution < -0.4 is 10.7 Å². The van der Waals surface area contributed by atoms with E-state index in [4.69, 9.17) is 0 Å². The third-order valence-corrected chi connectivity index (χ3v) is 4.33. The lowest BCUT2D eigenvalue weighted by Gasteiger charge is -1.98. The van der Waals surface area contributed by atoms with Gasteiger partial charge in [0.05, 0.1) is 0 Å². The van der Waals surface area contributed by atoms with Crippen LogP contribution in [0.4, 0.5) is 5.69 Å². The first-order valence-electron chi connectivity index (χ1n) is 5.02. The summed E-state index contributed by atoms with van der Waals surface area (Å²) >= 11 is 0. The maximum absolute atomic E-state index is 3.87. The van der Waals surface area contributed by atoms with Crippen LogP contribution in [0.5, 0.6) is 0 Å². The van der Waals surface area contributed by atoms with Crippen molar-refractivity contribution in [1.82, 2.24) is 0 Å². The number of nitrogens with one attached hydrogen (secondary N) is 1. The predicted molar refractivity (Wildman–Crippen MR) is 69.1 cm³/mol. The minimum atomic E-state index is 1.01. The van der Waals surface area contributed by atoms with Crippen LogP contribution >= 0.6 is 21.6 Å². The number of pyridine rings is 1. The predicted octanol–water partition coefficient (Wildman–Crippen LogP) is 2.31.